The standard InChI is InChI=1S/C21H24Cl2FN3O4S/c1-4-25-21(29)14(2)26(12-15-7-5-6-8-19(15)24)20(28)13-27(32(3,30)31)18-10-16(22)9-17(23)11-18/h5-11,14H,4,12-13H2,1-3H3,(H,25,29)/t14-/m0/s1. The number of hydrogen-bond acceptors (Lipinski definition) is 4. The summed E-state index contributed by atoms with van der Waals surface area (Å²) in [7, 11) is -3.92. The molecule has 0 aromatic heterocycles. The van der Waals surface area contributed by atoms with E-state index in [2.05, 4.69) is 5.32 Å². The summed E-state index contributed by atoms with van der Waals surface area (Å²) in [6.45, 7) is 2.69. The summed E-state index contributed by atoms with van der Waals surface area (Å²) in [5, 5.41) is 2.99. The van der Waals surface area contributed by atoms with Gasteiger partial charge in [0.1, 0.15) is 18.4 Å². The van der Waals surface area contributed by atoms with E-state index < -0.39 is 40.2 Å². The molecule has 0 heterocycles. The van der Waals surface area contributed by atoms with Crippen LogP contribution in [0.25, 0.3) is 0 Å². The molecule has 0 spiro atoms. The molecule has 0 saturated carbocycles. The average Bonchev–Trinajstić information content (AvgIpc) is 2.69. The smallest absolute Gasteiger partial charge is 0.244 e. The fourth-order valence-corrected chi connectivity index (χ4v) is 4.36. The molecule has 0 aliphatic rings. The molecule has 2 aromatic rings. The van der Waals surface area contributed by atoms with Gasteiger partial charge in [-0.3, -0.25) is 13.9 Å². The zero-order valence-corrected chi connectivity index (χ0v) is 20.1. The third-order valence-corrected chi connectivity index (χ3v) is 6.21. The van der Waals surface area contributed by atoms with Crippen LogP contribution >= 0.6 is 23.2 Å². The van der Waals surface area contributed by atoms with Crippen LogP contribution in [0.2, 0.25) is 10.0 Å². The first-order valence-corrected chi connectivity index (χ1v) is 12.3. The number of amides is 2. The first kappa shape index (κ1) is 25.9. The predicted molar refractivity (Wildman–Crippen MR) is 124 cm³/mol. The molecular formula is C21H24Cl2FN3O4S. The van der Waals surface area contributed by atoms with Gasteiger partial charge in [0.05, 0.1) is 11.9 Å². The number of halogens is 3. The minimum absolute atomic E-state index is 0.0925. The number of benzene rings is 2. The molecule has 11 heteroatoms. The zero-order valence-electron chi connectivity index (χ0n) is 17.8. The molecule has 0 radical (unpaired) electrons. The summed E-state index contributed by atoms with van der Waals surface area (Å²) in [5.41, 5.74) is 0.281. The summed E-state index contributed by atoms with van der Waals surface area (Å²) in [6, 6.07) is 9.01. The topological polar surface area (TPSA) is 86.8 Å². The van der Waals surface area contributed by atoms with E-state index >= 15 is 0 Å². The van der Waals surface area contributed by atoms with Gasteiger partial charge in [-0.2, -0.15) is 0 Å². The van der Waals surface area contributed by atoms with Crippen molar-refractivity contribution in [3.05, 3.63) is 63.9 Å². The summed E-state index contributed by atoms with van der Waals surface area (Å²) in [5.74, 6) is -1.70. The summed E-state index contributed by atoms with van der Waals surface area (Å²) >= 11 is 12.0. The number of anilines is 1. The Hall–Kier alpha value is -2.36. The molecule has 32 heavy (non-hydrogen) atoms. The van der Waals surface area contributed by atoms with Gasteiger partial charge in [0.15, 0.2) is 0 Å². The van der Waals surface area contributed by atoms with Gasteiger partial charge in [-0.25, -0.2) is 12.8 Å². The third-order valence-electron chi connectivity index (χ3n) is 4.63. The van der Waals surface area contributed by atoms with Gasteiger partial charge in [0.2, 0.25) is 21.8 Å². The highest BCUT2D eigenvalue weighted by Gasteiger charge is 2.30. The van der Waals surface area contributed by atoms with Crippen LogP contribution < -0.4 is 9.62 Å². The molecule has 174 valence electrons. The van der Waals surface area contributed by atoms with Crippen molar-refractivity contribution in [2.45, 2.75) is 26.4 Å². The van der Waals surface area contributed by atoms with Gasteiger partial charge in [-0.05, 0) is 38.1 Å². The lowest BCUT2D eigenvalue weighted by molar-refractivity contribution is -0.139. The fourth-order valence-electron chi connectivity index (χ4n) is 3.01. The van der Waals surface area contributed by atoms with Gasteiger partial charge in [-0.1, -0.05) is 41.4 Å². The van der Waals surface area contributed by atoms with Crippen molar-refractivity contribution < 1.29 is 22.4 Å². The van der Waals surface area contributed by atoms with Gasteiger partial charge in [0.25, 0.3) is 0 Å². The van der Waals surface area contributed by atoms with Crippen LogP contribution in [0.4, 0.5) is 10.1 Å². The maximum atomic E-state index is 14.3. The number of hydrogen-bond donors (Lipinski definition) is 1. The minimum atomic E-state index is -3.92. The fraction of sp³-hybridized carbons (Fsp3) is 0.333. The maximum absolute atomic E-state index is 14.3. The molecule has 1 N–H and O–H groups in total. The maximum Gasteiger partial charge on any atom is 0.244 e. The third kappa shape index (κ3) is 6.82. The molecule has 0 aliphatic carbocycles. The van der Waals surface area contributed by atoms with Gasteiger partial charge >= 0.3 is 0 Å². The van der Waals surface area contributed by atoms with E-state index in [9.17, 15) is 22.4 Å². The molecule has 0 fully saturated rings. The monoisotopic (exact) mass is 503 g/mol. The Balaban J connectivity index is 2.43. The molecule has 2 aromatic carbocycles. The van der Waals surface area contributed by atoms with Gasteiger partial charge < -0.3 is 10.2 Å². The van der Waals surface area contributed by atoms with E-state index in [1.807, 2.05) is 0 Å². The van der Waals surface area contributed by atoms with E-state index in [1.54, 1.807) is 13.0 Å². The molecule has 2 amide bonds. The number of rotatable bonds is 9. The second kappa shape index (κ2) is 11.0. The zero-order chi connectivity index (χ0) is 24.1. The first-order chi connectivity index (χ1) is 14.9. The second-order valence-corrected chi connectivity index (χ2v) is 9.86. The Kier molecular flexibility index (Phi) is 8.89. The van der Waals surface area contributed by atoms with Crippen molar-refractivity contribution in [2.75, 3.05) is 23.7 Å². The van der Waals surface area contributed by atoms with Crippen LogP contribution in [0.1, 0.15) is 19.4 Å². The van der Waals surface area contributed by atoms with E-state index in [0.717, 1.165) is 15.5 Å². The molecule has 7 nitrogen and oxygen atoms in total. The summed E-state index contributed by atoms with van der Waals surface area (Å²) in [6.07, 6.45) is 0.934. The molecular weight excluding hydrogens is 480 g/mol. The highest BCUT2D eigenvalue weighted by molar-refractivity contribution is 7.92. The minimum Gasteiger partial charge on any atom is -0.355 e. The Morgan fingerprint density at radius 3 is 2.25 bits per heavy atom. The van der Waals surface area contributed by atoms with Crippen molar-refractivity contribution in [3.8, 4) is 0 Å². The van der Waals surface area contributed by atoms with Crippen LogP contribution in [0, 0.1) is 5.82 Å². The van der Waals surface area contributed by atoms with Crippen LogP contribution in [0.15, 0.2) is 42.5 Å². The van der Waals surface area contributed by atoms with E-state index in [4.69, 9.17) is 23.2 Å². The lowest BCUT2D eigenvalue weighted by Crippen LogP contribution is -2.51. The number of carbonyl (C=O) groups is 2. The van der Waals surface area contributed by atoms with Crippen LogP contribution in [-0.2, 0) is 26.2 Å². The molecule has 1 atom stereocenters. The Morgan fingerprint density at radius 1 is 1.12 bits per heavy atom. The SMILES string of the molecule is CCNC(=O)[C@H](C)N(Cc1ccccc1F)C(=O)CN(c1cc(Cl)cc(Cl)c1)S(C)(=O)=O. The van der Waals surface area contributed by atoms with Crippen molar-refractivity contribution in [1.82, 2.24) is 10.2 Å². The summed E-state index contributed by atoms with van der Waals surface area (Å²) in [4.78, 5) is 26.8. The van der Waals surface area contributed by atoms with Crippen LogP contribution in [0.3, 0.4) is 0 Å². The van der Waals surface area contributed by atoms with E-state index in [0.29, 0.717) is 6.54 Å². The summed E-state index contributed by atoms with van der Waals surface area (Å²) < 4.78 is 40.0. The van der Waals surface area contributed by atoms with Gasteiger partial charge in [-0.15, -0.1) is 0 Å². The Bertz CT molecular complexity index is 1080. The van der Waals surface area contributed by atoms with Crippen LogP contribution in [0.5, 0.6) is 0 Å². The lowest BCUT2D eigenvalue weighted by Gasteiger charge is -2.31. The van der Waals surface area contributed by atoms with Crippen molar-refractivity contribution >= 4 is 50.7 Å². The average molecular weight is 504 g/mol. The number of nitrogens with zero attached hydrogens (tertiary/aromatic N) is 2. The normalized spacial score (nSPS) is 12.2. The van der Waals surface area contributed by atoms with Crippen molar-refractivity contribution in [1.29, 1.82) is 0 Å². The molecule has 0 bridgehead atoms. The van der Waals surface area contributed by atoms with E-state index in [-0.39, 0.29) is 27.8 Å². The van der Waals surface area contributed by atoms with E-state index in [1.165, 1.54) is 43.3 Å². The number of likely N-dealkylation sites (N-methyl/N-ethyl adjacent to an activating group) is 1. The Morgan fingerprint density at radius 2 is 1.72 bits per heavy atom. The molecule has 0 unspecified atom stereocenters. The number of sulfonamides is 1. The first-order valence-electron chi connectivity index (χ1n) is 9.68. The van der Waals surface area contributed by atoms with Gasteiger partial charge in [0, 0.05) is 28.7 Å². The van der Waals surface area contributed by atoms with Crippen LogP contribution in [-0.4, -0.2) is 50.5 Å². The van der Waals surface area contributed by atoms with Crippen molar-refractivity contribution in [3.63, 3.8) is 0 Å². The Labute approximate surface area is 197 Å². The predicted octanol–water partition coefficient (Wildman–Crippen LogP) is 3.45. The second-order valence-electron chi connectivity index (χ2n) is 7.08. The number of nitrogens with one attached hydrogen (secondary N) is 1. The van der Waals surface area contributed by atoms with Crippen molar-refractivity contribution in [2.24, 2.45) is 0 Å². The molecule has 2 rings (SSSR count). The highest BCUT2D eigenvalue weighted by atomic mass is 35.5. The highest BCUT2D eigenvalue weighted by Crippen LogP contribution is 2.27. The molecule has 0 saturated heterocycles. The molecule has 0 aliphatic heterocycles. The largest absolute Gasteiger partial charge is 0.355 e. The lowest BCUT2D eigenvalue weighted by atomic mass is 10.1. The number of carbonyl (C=O) groups excluding carboxylic acids is 2. The quantitative estimate of drug-likeness (QED) is 0.567.